The van der Waals surface area contributed by atoms with Crippen LogP contribution in [0.25, 0.3) is 0 Å². The lowest BCUT2D eigenvalue weighted by molar-refractivity contribution is 0.0982. The molecule has 96 valence electrons. The first-order valence-electron chi connectivity index (χ1n) is 6.30. The second-order valence-electron chi connectivity index (χ2n) is 4.58. The molecule has 19 heavy (non-hydrogen) atoms. The normalized spacial score (nSPS) is 14.2. The van der Waals surface area contributed by atoms with Crippen LogP contribution in [0, 0.1) is 0 Å². The fraction of sp³-hybridized carbons (Fsp3) is 0.200. The Kier molecular flexibility index (Phi) is 2.91. The fourth-order valence-corrected chi connectivity index (χ4v) is 2.34. The highest BCUT2D eigenvalue weighted by Crippen LogP contribution is 2.32. The Hall–Kier alpha value is -2.36. The molecule has 0 atom stereocenters. The van der Waals surface area contributed by atoms with E-state index in [2.05, 4.69) is 9.88 Å². The van der Waals surface area contributed by atoms with E-state index < -0.39 is 0 Å². The van der Waals surface area contributed by atoms with Gasteiger partial charge in [-0.2, -0.15) is 0 Å². The SMILES string of the molecule is CN1CCN(C(=O)c2ccccn2)c2ccccc21. The van der Waals surface area contributed by atoms with Gasteiger partial charge < -0.3 is 9.80 Å². The van der Waals surface area contributed by atoms with Crippen LogP contribution < -0.4 is 9.80 Å². The van der Waals surface area contributed by atoms with E-state index in [1.165, 1.54) is 0 Å². The van der Waals surface area contributed by atoms with Crippen LogP contribution in [0.5, 0.6) is 0 Å². The molecule has 0 saturated carbocycles. The highest BCUT2D eigenvalue weighted by molar-refractivity contribution is 6.07. The average molecular weight is 253 g/mol. The molecule has 0 radical (unpaired) electrons. The van der Waals surface area contributed by atoms with Crippen LogP contribution >= 0.6 is 0 Å². The van der Waals surface area contributed by atoms with Gasteiger partial charge in [-0.15, -0.1) is 0 Å². The topological polar surface area (TPSA) is 36.4 Å². The van der Waals surface area contributed by atoms with Gasteiger partial charge in [0, 0.05) is 26.3 Å². The minimum absolute atomic E-state index is 0.0406. The summed E-state index contributed by atoms with van der Waals surface area (Å²) in [6.45, 7) is 1.51. The molecule has 0 aliphatic carbocycles. The third-order valence-corrected chi connectivity index (χ3v) is 3.37. The van der Waals surface area contributed by atoms with E-state index in [1.54, 1.807) is 17.2 Å². The minimum Gasteiger partial charge on any atom is -0.371 e. The first-order chi connectivity index (χ1) is 9.27. The molecule has 0 unspecified atom stereocenters. The van der Waals surface area contributed by atoms with Gasteiger partial charge in [-0.3, -0.25) is 9.78 Å². The van der Waals surface area contributed by atoms with Gasteiger partial charge in [0.2, 0.25) is 0 Å². The molecule has 4 nitrogen and oxygen atoms in total. The number of nitrogens with zero attached hydrogens (tertiary/aromatic N) is 3. The van der Waals surface area contributed by atoms with Gasteiger partial charge in [0.1, 0.15) is 5.69 Å². The van der Waals surface area contributed by atoms with Gasteiger partial charge >= 0.3 is 0 Å². The molecule has 0 N–H and O–H groups in total. The van der Waals surface area contributed by atoms with Gasteiger partial charge in [-0.05, 0) is 24.3 Å². The number of fused-ring (bicyclic) bond motifs is 1. The summed E-state index contributed by atoms with van der Waals surface area (Å²) in [6.07, 6.45) is 1.65. The summed E-state index contributed by atoms with van der Waals surface area (Å²) in [7, 11) is 2.04. The molecule has 2 heterocycles. The summed E-state index contributed by atoms with van der Waals surface area (Å²) >= 11 is 0. The van der Waals surface area contributed by atoms with Crippen molar-refractivity contribution in [3.05, 3.63) is 54.4 Å². The van der Waals surface area contributed by atoms with Gasteiger partial charge in [-0.1, -0.05) is 18.2 Å². The van der Waals surface area contributed by atoms with Crippen LogP contribution in [0.2, 0.25) is 0 Å². The number of anilines is 2. The molecule has 1 aromatic carbocycles. The van der Waals surface area contributed by atoms with Crippen LogP contribution in [-0.2, 0) is 0 Å². The number of amides is 1. The Labute approximate surface area is 112 Å². The Morgan fingerprint density at radius 1 is 1.05 bits per heavy atom. The summed E-state index contributed by atoms with van der Waals surface area (Å²) in [5.41, 5.74) is 2.52. The molecule has 3 rings (SSSR count). The number of carbonyl (C=O) groups is 1. The summed E-state index contributed by atoms with van der Waals surface area (Å²) < 4.78 is 0. The van der Waals surface area contributed by atoms with E-state index in [4.69, 9.17) is 0 Å². The molecule has 1 aliphatic heterocycles. The molecule has 4 heteroatoms. The molecule has 2 aromatic rings. The first kappa shape index (κ1) is 11.7. The first-order valence-corrected chi connectivity index (χ1v) is 6.30. The number of likely N-dealkylation sites (N-methyl/N-ethyl adjacent to an activating group) is 1. The smallest absolute Gasteiger partial charge is 0.276 e. The third kappa shape index (κ3) is 2.05. The fourth-order valence-electron chi connectivity index (χ4n) is 2.34. The van der Waals surface area contributed by atoms with Crippen LogP contribution in [0.3, 0.4) is 0 Å². The molecular weight excluding hydrogens is 238 g/mol. The number of para-hydroxylation sites is 2. The maximum atomic E-state index is 12.5. The summed E-state index contributed by atoms with van der Waals surface area (Å²) in [4.78, 5) is 20.6. The lowest BCUT2D eigenvalue weighted by Gasteiger charge is -2.35. The highest BCUT2D eigenvalue weighted by Gasteiger charge is 2.25. The molecule has 1 aromatic heterocycles. The maximum Gasteiger partial charge on any atom is 0.276 e. The molecule has 1 amide bonds. The number of benzene rings is 1. The third-order valence-electron chi connectivity index (χ3n) is 3.37. The molecule has 0 bridgehead atoms. The number of hydrogen-bond donors (Lipinski definition) is 0. The van der Waals surface area contributed by atoms with Crippen molar-refractivity contribution < 1.29 is 4.79 Å². The zero-order valence-corrected chi connectivity index (χ0v) is 10.8. The summed E-state index contributed by atoms with van der Waals surface area (Å²) in [5.74, 6) is -0.0406. The summed E-state index contributed by atoms with van der Waals surface area (Å²) in [6, 6.07) is 13.4. The lowest BCUT2D eigenvalue weighted by Crippen LogP contribution is -2.42. The maximum absolute atomic E-state index is 12.5. The van der Waals surface area contributed by atoms with Crippen molar-refractivity contribution in [3.63, 3.8) is 0 Å². The minimum atomic E-state index is -0.0406. The zero-order chi connectivity index (χ0) is 13.2. The lowest BCUT2D eigenvalue weighted by atomic mass is 10.1. The van der Waals surface area contributed by atoms with E-state index in [0.717, 1.165) is 17.9 Å². The Bertz CT molecular complexity index is 597. The number of aromatic nitrogens is 1. The highest BCUT2D eigenvalue weighted by atomic mass is 16.2. The standard InChI is InChI=1S/C15H15N3O/c1-17-10-11-18(14-8-3-2-7-13(14)17)15(19)12-6-4-5-9-16-12/h2-9H,10-11H2,1H3. The predicted molar refractivity (Wildman–Crippen MR) is 75.6 cm³/mol. The van der Waals surface area contributed by atoms with Crippen molar-refractivity contribution in [2.45, 2.75) is 0 Å². The van der Waals surface area contributed by atoms with E-state index >= 15 is 0 Å². The number of carbonyl (C=O) groups excluding carboxylic acids is 1. The van der Waals surface area contributed by atoms with Gasteiger partial charge in [0.25, 0.3) is 5.91 Å². The van der Waals surface area contributed by atoms with Crippen molar-refractivity contribution in [1.82, 2.24) is 4.98 Å². The van der Waals surface area contributed by atoms with Crippen molar-refractivity contribution in [2.75, 3.05) is 29.9 Å². The second-order valence-corrected chi connectivity index (χ2v) is 4.58. The van der Waals surface area contributed by atoms with Crippen molar-refractivity contribution in [3.8, 4) is 0 Å². The molecule has 0 saturated heterocycles. The van der Waals surface area contributed by atoms with E-state index in [1.807, 2.05) is 43.4 Å². The molecule has 1 aliphatic rings. The molecule has 0 fully saturated rings. The van der Waals surface area contributed by atoms with Crippen LogP contribution in [0.15, 0.2) is 48.7 Å². The Morgan fingerprint density at radius 2 is 1.79 bits per heavy atom. The number of hydrogen-bond acceptors (Lipinski definition) is 3. The number of pyridine rings is 1. The van der Waals surface area contributed by atoms with Gasteiger partial charge in [0.15, 0.2) is 0 Å². The van der Waals surface area contributed by atoms with Crippen molar-refractivity contribution in [1.29, 1.82) is 0 Å². The predicted octanol–water partition coefficient (Wildman–Crippen LogP) is 2.18. The van der Waals surface area contributed by atoms with Gasteiger partial charge in [0.05, 0.1) is 11.4 Å². The van der Waals surface area contributed by atoms with E-state index in [-0.39, 0.29) is 5.91 Å². The second kappa shape index (κ2) is 4.72. The van der Waals surface area contributed by atoms with Crippen LogP contribution in [0.4, 0.5) is 11.4 Å². The molecule has 0 spiro atoms. The van der Waals surface area contributed by atoms with E-state index in [0.29, 0.717) is 12.2 Å². The average Bonchev–Trinajstić information content (AvgIpc) is 2.48. The van der Waals surface area contributed by atoms with Crippen molar-refractivity contribution >= 4 is 17.3 Å². The molecular formula is C15H15N3O. The van der Waals surface area contributed by atoms with Crippen molar-refractivity contribution in [2.24, 2.45) is 0 Å². The quantitative estimate of drug-likeness (QED) is 0.781. The van der Waals surface area contributed by atoms with E-state index in [9.17, 15) is 4.79 Å². The Morgan fingerprint density at radius 3 is 2.53 bits per heavy atom. The van der Waals surface area contributed by atoms with Crippen LogP contribution in [-0.4, -0.2) is 31.0 Å². The van der Waals surface area contributed by atoms with Crippen LogP contribution in [0.1, 0.15) is 10.5 Å². The monoisotopic (exact) mass is 253 g/mol. The summed E-state index contributed by atoms with van der Waals surface area (Å²) in [5, 5.41) is 0. The number of rotatable bonds is 1. The van der Waals surface area contributed by atoms with Gasteiger partial charge in [-0.25, -0.2) is 0 Å². The largest absolute Gasteiger partial charge is 0.371 e. The zero-order valence-electron chi connectivity index (χ0n) is 10.8. The Balaban J connectivity index is 1.99.